The van der Waals surface area contributed by atoms with Crippen LogP contribution in [0.1, 0.15) is 35.4 Å². The lowest BCUT2D eigenvalue weighted by Gasteiger charge is -2.45. The van der Waals surface area contributed by atoms with Crippen molar-refractivity contribution in [2.75, 3.05) is 0 Å². The number of rotatable bonds is 6. The summed E-state index contributed by atoms with van der Waals surface area (Å²) >= 11 is 3.79. The number of aryl methyl sites for hydroxylation is 1. The van der Waals surface area contributed by atoms with Gasteiger partial charge in [-0.05, 0) is 104 Å². The fourth-order valence-corrected chi connectivity index (χ4v) is 11.7. The van der Waals surface area contributed by atoms with Crippen LogP contribution in [0.3, 0.4) is 0 Å². The van der Waals surface area contributed by atoms with E-state index in [1.165, 1.54) is 102 Å². The van der Waals surface area contributed by atoms with E-state index in [2.05, 4.69) is 191 Å². The molecule has 0 amide bonds. The number of fused-ring (bicyclic) bond motifs is 7. The number of benzene rings is 6. The molecule has 0 spiro atoms. The molecule has 264 valence electrons. The summed E-state index contributed by atoms with van der Waals surface area (Å²) in [5.74, 6) is 0.144. The van der Waals surface area contributed by atoms with Gasteiger partial charge in [0.25, 0.3) is 0 Å². The van der Waals surface area contributed by atoms with Gasteiger partial charge in [-0.15, -0.1) is 22.7 Å². The molecule has 0 aliphatic heterocycles. The second kappa shape index (κ2) is 13.2. The monoisotopic (exact) mass is 740 g/mol. The third kappa shape index (κ3) is 5.02. The first-order valence-electron chi connectivity index (χ1n) is 19.1. The van der Waals surface area contributed by atoms with Gasteiger partial charge in [-0.25, -0.2) is 0 Å². The van der Waals surface area contributed by atoms with E-state index in [0.29, 0.717) is 0 Å². The topological polar surface area (TPSA) is 0 Å². The summed E-state index contributed by atoms with van der Waals surface area (Å²) in [4.78, 5) is 2.65. The molecule has 2 aliphatic rings. The highest BCUT2D eigenvalue weighted by atomic mass is 32.1. The molecule has 0 nitrogen and oxygen atoms in total. The predicted molar refractivity (Wildman–Crippen MR) is 243 cm³/mol. The highest BCUT2D eigenvalue weighted by Gasteiger charge is 2.45. The van der Waals surface area contributed by atoms with Gasteiger partial charge in [0.05, 0.1) is 0 Å². The maximum atomic E-state index is 4.13. The molecule has 0 saturated carbocycles. The van der Waals surface area contributed by atoms with Crippen LogP contribution < -0.4 is 0 Å². The van der Waals surface area contributed by atoms with Gasteiger partial charge >= 0.3 is 0 Å². The smallest absolute Gasteiger partial charge is 0.0361 e. The average Bonchev–Trinajstić information content (AvgIpc) is 3.83. The molecule has 2 heterocycles. The molecular formula is C53H40S2. The second-order valence-electron chi connectivity index (χ2n) is 14.9. The molecule has 2 aliphatic carbocycles. The lowest BCUT2D eigenvalue weighted by molar-refractivity contribution is 0.461. The van der Waals surface area contributed by atoms with Crippen LogP contribution in [0.5, 0.6) is 0 Å². The maximum absolute atomic E-state index is 4.13. The number of thiophene rings is 2. The Hall–Kier alpha value is -5.80. The summed E-state index contributed by atoms with van der Waals surface area (Å²) in [5, 5.41) is 7.84. The van der Waals surface area contributed by atoms with Crippen LogP contribution in [0.4, 0.5) is 0 Å². The first-order valence-corrected chi connectivity index (χ1v) is 20.8. The number of hydrogen-bond acceptors (Lipinski definition) is 2. The molecule has 2 heteroatoms. The lowest BCUT2D eigenvalue weighted by Crippen LogP contribution is -2.38. The fourth-order valence-electron chi connectivity index (χ4n) is 9.64. The van der Waals surface area contributed by atoms with Crippen LogP contribution in [0.2, 0.25) is 0 Å². The summed E-state index contributed by atoms with van der Waals surface area (Å²) in [6.45, 7) is 10.9. The van der Waals surface area contributed by atoms with E-state index in [9.17, 15) is 0 Å². The van der Waals surface area contributed by atoms with Crippen molar-refractivity contribution in [3.8, 4) is 21.6 Å². The minimum atomic E-state index is -0.284. The molecule has 2 aromatic heterocycles. The molecule has 8 aromatic rings. The minimum absolute atomic E-state index is 0.144. The van der Waals surface area contributed by atoms with Crippen LogP contribution in [-0.2, 0) is 5.41 Å². The third-order valence-corrected chi connectivity index (χ3v) is 14.1. The van der Waals surface area contributed by atoms with Gasteiger partial charge in [0.2, 0.25) is 0 Å². The zero-order chi connectivity index (χ0) is 37.3. The zero-order valence-corrected chi connectivity index (χ0v) is 32.9. The first kappa shape index (κ1) is 33.7. The van der Waals surface area contributed by atoms with E-state index < -0.39 is 0 Å². The Labute approximate surface area is 331 Å². The van der Waals surface area contributed by atoms with Crippen molar-refractivity contribution >= 4 is 70.0 Å². The van der Waals surface area contributed by atoms with Crippen molar-refractivity contribution in [2.45, 2.75) is 26.2 Å². The van der Waals surface area contributed by atoms with Crippen LogP contribution in [0.15, 0.2) is 188 Å². The normalized spacial score (nSPS) is 18.2. The van der Waals surface area contributed by atoms with Crippen LogP contribution in [0.25, 0.3) is 68.9 Å². The molecular weight excluding hydrogens is 701 g/mol. The minimum Gasteiger partial charge on any atom is -0.141 e. The van der Waals surface area contributed by atoms with Gasteiger partial charge in [0.1, 0.15) is 0 Å². The van der Waals surface area contributed by atoms with E-state index >= 15 is 0 Å². The SMILES string of the molecule is C=C/C=C(\C=C/C)C1(C)c2ccccc2C(c2cccc3sc4cccc(-c5c6ccccc6c(-c6ccc(C)s6)c6ccccc56)c4c23)=C2C=CC=CC21. The van der Waals surface area contributed by atoms with Crippen molar-refractivity contribution in [3.05, 3.63) is 209 Å². The Morgan fingerprint density at radius 3 is 1.93 bits per heavy atom. The summed E-state index contributed by atoms with van der Waals surface area (Å²) in [6.07, 6.45) is 17.8. The lowest BCUT2D eigenvalue weighted by atomic mass is 9.57. The number of hydrogen-bond donors (Lipinski definition) is 0. The van der Waals surface area contributed by atoms with Crippen LogP contribution in [0, 0.1) is 12.8 Å². The van der Waals surface area contributed by atoms with Gasteiger partial charge < -0.3 is 0 Å². The standard InChI is InChI=1S/C53H40S2/c1-5-17-34(18-6-2)53(4)43-27-13-11-23-39(43)49(40-24-12-14-28-44(40)53)42-26-16-30-46-52(42)51-41(25-15-29-45(51)55-46)48-35-19-7-9-21-37(35)50(47-32-31-33(3)54-47)38-22-10-8-20-36(38)48/h5-32,43H,1H2,2-4H3/b18-6-,34-17+. The fraction of sp³-hybridized carbons (Fsp3) is 0.0943. The molecule has 0 radical (unpaired) electrons. The Morgan fingerprint density at radius 2 is 1.27 bits per heavy atom. The molecule has 0 fully saturated rings. The van der Waals surface area contributed by atoms with Crippen LogP contribution in [-0.4, -0.2) is 0 Å². The van der Waals surface area contributed by atoms with Gasteiger partial charge in [0.15, 0.2) is 0 Å². The zero-order valence-electron chi connectivity index (χ0n) is 31.3. The van der Waals surface area contributed by atoms with Gasteiger partial charge in [-0.1, -0.05) is 159 Å². The summed E-state index contributed by atoms with van der Waals surface area (Å²) in [6, 6.07) is 45.7. The summed E-state index contributed by atoms with van der Waals surface area (Å²) in [7, 11) is 0. The van der Waals surface area contributed by atoms with Crippen LogP contribution >= 0.6 is 22.7 Å². The molecule has 0 bridgehead atoms. The van der Waals surface area contributed by atoms with Crippen molar-refractivity contribution in [3.63, 3.8) is 0 Å². The maximum Gasteiger partial charge on any atom is 0.0361 e. The van der Waals surface area contributed by atoms with E-state index in [1.54, 1.807) is 0 Å². The van der Waals surface area contributed by atoms with E-state index in [1.807, 2.05) is 28.7 Å². The molecule has 0 N–H and O–H groups in total. The largest absolute Gasteiger partial charge is 0.141 e. The quantitative estimate of drug-likeness (QED) is 0.118. The average molecular weight is 741 g/mol. The van der Waals surface area contributed by atoms with Gasteiger partial charge in [-0.3, -0.25) is 0 Å². The molecule has 0 saturated heterocycles. The Kier molecular flexibility index (Phi) is 8.10. The highest BCUT2D eigenvalue weighted by Crippen LogP contribution is 2.56. The van der Waals surface area contributed by atoms with Crippen molar-refractivity contribution < 1.29 is 0 Å². The van der Waals surface area contributed by atoms with Gasteiger partial charge in [0, 0.05) is 46.8 Å². The van der Waals surface area contributed by atoms with E-state index in [4.69, 9.17) is 0 Å². The first-order chi connectivity index (χ1) is 27.0. The van der Waals surface area contributed by atoms with E-state index in [-0.39, 0.29) is 11.3 Å². The van der Waals surface area contributed by atoms with Crippen molar-refractivity contribution in [1.82, 2.24) is 0 Å². The van der Waals surface area contributed by atoms with Crippen molar-refractivity contribution in [2.24, 2.45) is 5.92 Å². The summed E-state index contributed by atoms with van der Waals surface area (Å²) < 4.78 is 2.62. The molecule has 10 rings (SSSR count). The Balaban J connectivity index is 1.32. The molecule has 2 unspecified atom stereocenters. The Bertz CT molecular complexity index is 2980. The second-order valence-corrected chi connectivity index (χ2v) is 17.2. The summed E-state index contributed by atoms with van der Waals surface area (Å²) in [5.41, 5.74) is 11.5. The molecule has 2 atom stereocenters. The molecule has 6 aromatic carbocycles. The van der Waals surface area contributed by atoms with E-state index in [0.717, 1.165) is 0 Å². The predicted octanol–water partition coefficient (Wildman–Crippen LogP) is 15.6. The number of allylic oxidation sites excluding steroid dienone is 10. The van der Waals surface area contributed by atoms with Crippen molar-refractivity contribution in [1.29, 1.82) is 0 Å². The third-order valence-electron chi connectivity index (χ3n) is 11.9. The van der Waals surface area contributed by atoms with Gasteiger partial charge in [-0.2, -0.15) is 0 Å². The highest BCUT2D eigenvalue weighted by molar-refractivity contribution is 7.26. The molecule has 55 heavy (non-hydrogen) atoms. The Morgan fingerprint density at radius 1 is 0.655 bits per heavy atom.